The molecular formula is C13H15ClN2O4. The Morgan fingerprint density at radius 2 is 2.20 bits per heavy atom. The number of carbonyl (C=O) groups excluding carboxylic acids is 1. The van der Waals surface area contributed by atoms with Crippen LogP contribution in [0.5, 0.6) is 0 Å². The predicted octanol–water partition coefficient (Wildman–Crippen LogP) is 2.03. The summed E-state index contributed by atoms with van der Waals surface area (Å²) in [5.41, 5.74) is 0.410. The van der Waals surface area contributed by atoms with E-state index in [1.165, 1.54) is 18.2 Å². The molecule has 1 saturated heterocycles. The van der Waals surface area contributed by atoms with Crippen molar-refractivity contribution in [3.8, 4) is 0 Å². The van der Waals surface area contributed by atoms with E-state index in [2.05, 4.69) is 5.32 Å². The van der Waals surface area contributed by atoms with Crippen molar-refractivity contribution in [2.24, 2.45) is 0 Å². The molecule has 0 spiro atoms. The van der Waals surface area contributed by atoms with E-state index >= 15 is 0 Å². The molecule has 1 heterocycles. The number of hydrogen-bond acceptors (Lipinski definition) is 3. The van der Waals surface area contributed by atoms with Crippen molar-refractivity contribution in [2.75, 3.05) is 18.5 Å². The van der Waals surface area contributed by atoms with Gasteiger partial charge in [-0.25, -0.2) is 9.59 Å². The van der Waals surface area contributed by atoms with Crippen molar-refractivity contribution >= 4 is 29.3 Å². The highest BCUT2D eigenvalue weighted by molar-refractivity contribution is 6.33. The van der Waals surface area contributed by atoms with Crippen LogP contribution in [0.1, 0.15) is 23.2 Å². The molecular weight excluding hydrogens is 284 g/mol. The molecule has 0 saturated carbocycles. The lowest BCUT2D eigenvalue weighted by molar-refractivity contribution is 0.0697. The van der Waals surface area contributed by atoms with E-state index in [-0.39, 0.29) is 29.3 Å². The summed E-state index contributed by atoms with van der Waals surface area (Å²) in [5.74, 6) is -1.12. The van der Waals surface area contributed by atoms with Crippen molar-refractivity contribution < 1.29 is 19.8 Å². The van der Waals surface area contributed by atoms with Crippen LogP contribution in [0.3, 0.4) is 0 Å². The van der Waals surface area contributed by atoms with E-state index < -0.39 is 5.97 Å². The number of benzene rings is 1. The smallest absolute Gasteiger partial charge is 0.337 e. The molecule has 0 bridgehead atoms. The van der Waals surface area contributed by atoms with Crippen molar-refractivity contribution in [3.05, 3.63) is 28.8 Å². The quantitative estimate of drug-likeness (QED) is 0.796. The second kappa shape index (κ2) is 6.11. The number of carboxylic acids is 1. The number of nitrogens with zero attached hydrogens (tertiary/aromatic N) is 1. The normalized spacial score (nSPS) is 18.1. The number of likely N-dealkylation sites (tertiary alicyclic amines) is 1. The Kier molecular flexibility index (Phi) is 4.46. The van der Waals surface area contributed by atoms with Gasteiger partial charge in [0.25, 0.3) is 0 Å². The van der Waals surface area contributed by atoms with E-state index in [4.69, 9.17) is 16.7 Å². The third kappa shape index (κ3) is 3.02. The Labute approximate surface area is 121 Å². The lowest BCUT2D eigenvalue weighted by Gasteiger charge is -2.23. The number of amides is 2. The monoisotopic (exact) mass is 298 g/mol. The molecule has 0 aliphatic carbocycles. The Balaban J connectivity index is 2.08. The molecule has 1 atom stereocenters. The molecule has 3 N–H and O–H groups in total. The first kappa shape index (κ1) is 14.6. The average molecular weight is 299 g/mol. The lowest BCUT2D eigenvalue weighted by Crippen LogP contribution is -2.40. The van der Waals surface area contributed by atoms with E-state index in [1.807, 2.05) is 0 Å². The van der Waals surface area contributed by atoms with Gasteiger partial charge in [0, 0.05) is 12.2 Å². The fourth-order valence-electron chi connectivity index (χ4n) is 2.25. The summed E-state index contributed by atoms with van der Waals surface area (Å²) in [5, 5.41) is 20.8. The second-order valence-electron chi connectivity index (χ2n) is 4.60. The second-order valence-corrected chi connectivity index (χ2v) is 5.01. The molecule has 6 nitrogen and oxygen atoms in total. The van der Waals surface area contributed by atoms with Crippen LogP contribution in [-0.2, 0) is 0 Å². The van der Waals surface area contributed by atoms with E-state index in [0.29, 0.717) is 12.2 Å². The van der Waals surface area contributed by atoms with Crippen LogP contribution in [-0.4, -0.2) is 46.3 Å². The minimum Gasteiger partial charge on any atom is -0.478 e. The van der Waals surface area contributed by atoms with Gasteiger partial charge in [-0.15, -0.1) is 0 Å². The topological polar surface area (TPSA) is 89.9 Å². The number of aliphatic hydroxyl groups excluding tert-OH is 1. The molecule has 0 radical (unpaired) electrons. The van der Waals surface area contributed by atoms with Crippen LogP contribution in [0.2, 0.25) is 5.02 Å². The number of aromatic carboxylic acids is 1. The summed E-state index contributed by atoms with van der Waals surface area (Å²) in [6.07, 6.45) is 1.64. The van der Waals surface area contributed by atoms with Crippen LogP contribution in [0.15, 0.2) is 18.2 Å². The molecule has 1 unspecified atom stereocenters. The molecule has 0 aromatic heterocycles. The number of hydrogen-bond donors (Lipinski definition) is 3. The maximum Gasteiger partial charge on any atom is 0.337 e. The van der Waals surface area contributed by atoms with Gasteiger partial charge in [0.2, 0.25) is 0 Å². The highest BCUT2D eigenvalue weighted by atomic mass is 35.5. The highest BCUT2D eigenvalue weighted by Crippen LogP contribution is 2.23. The molecule has 2 amide bonds. The standard InChI is InChI=1S/C13H15ClN2O4/c14-11-6-8(3-4-10(11)12(18)19)15-13(20)16-5-1-2-9(16)7-17/h3-4,6,9,17H,1-2,5,7H2,(H,15,20)(H,18,19). The summed E-state index contributed by atoms with van der Waals surface area (Å²) in [6, 6.07) is 3.74. The zero-order valence-corrected chi connectivity index (χ0v) is 11.4. The number of aliphatic hydroxyl groups is 1. The number of anilines is 1. The van der Waals surface area contributed by atoms with E-state index in [0.717, 1.165) is 12.8 Å². The van der Waals surface area contributed by atoms with Crippen LogP contribution in [0, 0.1) is 0 Å². The number of rotatable bonds is 3. The van der Waals surface area contributed by atoms with E-state index in [1.54, 1.807) is 4.90 Å². The minimum atomic E-state index is -1.12. The van der Waals surface area contributed by atoms with Crippen molar-refractivity contribution in [3.63, 3.8) is 0 Å². The molecule has 1 aromatic rings. The zero-order chi connectivity index (χ0) is 14.7. The molecule has 1 aromatic carbocycles. The zero-order valence-electron chi connectivity index (χ0n) is 10.7. The highest BCUT2D eigenvalue weighted by Gasteiger charge is 2.28. The van der Waals surface area contributed by atoms with Crippen molar-refractivity contribution in [2.45, 2.75) is 18.9 Å². The van der Waals surface area contributed by atoms with Gasteiger partial charge in [-0.3, -0.25) is 0 Å². The van der Waals surface area contributed by atoms with Gasteiger partial charge in [-0.2, -0.15) is 0 Å². The number of carbonyl (C=O) groups is 2. The Morgan fingerprint density at radius 1 is 1.45 bits per heavy atom. The Morgan fingerprint density at radius 3 is 2.80 bits per heavy atom. The first-order valence-corrected chi connectivity index (χ1v) is 6.62. The Hall–Kier alpha value is -1.79. The van der Waals surface area contributed by atoms with Crippen molar-refractivity contribution in [1.29, 1.82) is 0 Å². The SMILES string of the molecule is O=C(O)c1ccc(NC(=O)N2CCCC2CO)cc1Cl. The lowest BCUT2D eigenvalue weighted by atomic mass is 10.2. The Bertz CT molecular complexity index is 535. The minimum absolute atomic E-state index is 0.0147. The molecule has 1 fully saturated rings. The summed E-state index contributed by atoms with van der Waals surface area (Å²) >= 11 is 5.84. The van der Waals surface area contributed by atoms with Gasteiger partial charge in [0.1, 0.15) is 0 Å². The van der Waals surface area contributed by atoms with Crippen LogP contribution in [0.4, 0.5) is 10.5 Å². The van der Waals surface area contributed by atoms with Gasteiger partial charge in [-0.05, 0) is 31.0 Å². The van der Waals surface area contributed by atoms with Gasteiger partial charge in [0.15, 0.2) is 0 Å². The van der Waals surface area contributed by atoms with Gasteiger partial charge in [-0.1, -0.05) is 11.6 Å². The summed E-state index contributed by atoms with van der Waals surface area (Å²) in [6.45, 7) is 0.532. The van der Waals surface area contributed by atoms with E-state index in [9.17, 15) is 14.7 Å². The molecule has 1 aliphatic rings. The van der Waals surface area contributed by atoms with Crippen molar-refractivity contribution in [1.82, 2.24) is 4.90 Å². The number of carboxylic acid groups (broad SMARTS) is 1. The van der Waals surface area contributed by atoms with Gasteiger partial charge in [0.05, 0.1) is 23.2 Å². The number of urea groups is 1. The molecule has 108 valence electrons. The predicted molar refractivity (Wildman–Crippen MR) is 74.2 cm³/mol. The maximum absolute atomic E-state index is 12.1. The largest absolute Gasteiger partial charge is 0.478 e. The maximum atomic E-state index is 12.1. The molecule has 1 aliphatic heterocycles. The fraction of sp³-hybridized carbons (Fsp3) is 0.385. The number of halogens is 1. The fourth-order valence-corrected chi connectivity index (χ4v) is 2.52. The van der Waals surface area contributed by atoms with Crippen LogP contribution >= 0.6 is 11.6 Å². The number of nitrogens with one attached hydrogen (secondary N) is 1. The van der Waals surface area contributed by atoms with Gasteiger partial charge < -0.3 is 20.4 Å². The molecule has 7 heteroatoms. The third-order valence-electron chi connectivity index (χ3n) is 3.30. The third-order valence-corrected chi connectivity index (χ3v) is 3.61. The summed E-state index contributed by atoms with van der Waals surface area (Å²) in [4.78, 5) is 24.5. The molecule has 20 heavy (non-hydrogen) atoms. The first-order chi connectivity index (χ1) is 9.52. The summed E-state index contributed by atoms with van der Waals surface area (Å²) in [7, 11) is 0. The van der Waals surface area contributed by atoms with Gasteiger partial charge >= 0.3 is 12.0 Å². The first-order valence-electron chi connectivity index (χ1n) is 6.24. The average Bonchev–Trinajstić information content (AvgIpc) is 2.86. The molecule has 2 rings (SSSR count). The van der Waals surface area contributed by atoms with Crippen LogP contribution in [0.25, 0.3) is 0 Å². The van der Waals surface area contributed by atoms with Crippen LogP contribution < -0.4 is 5.32 Å². The summed E-state index contributed by atoms with van der Waals surface area (Å²) < 4.78 is 0.